The van der Waals surface area contributed by atoms with E-state index in [0.29, 0.717) is 31.4 Å². The third-order valence-corrected chi connectivity index (χ3v) is 13.1. The predicted molar refractivity (Wildman–Crippen MR) is 211 cm³/mol. The average molecular weight is 741 g/mol. The Labute approximate surface area is 312 Å². The van der Waals surface area contributed by atoms with Gasteiger partial charge in [0.25, 0.3) is 0 Å². The van der Waals surface area contributed by atoms with E-state index in [4.69, 9.17) is 23.1 Å². The van der Waals surface area contributed by atoms with Crippen LogP contribution in [-0.4, -0.2) is 59.5 Å². The summed E-state index contributed by atoms with van der Waals surface area (Å²) in [6, 6.07) is 9.56. The number of carbonyl (C=O) groups is 2. The summed E-state index contributed by atoms with van der Waals surface area (Å²) < 4.78 is 33.0. The van der Waals surface area contributed by atoms with E-state index in [1.54, 1.807) is 0 Å². The average Bonchev–Trinajstić information content (AvgIpc) is 3.01. The number of rotatable bonds is 13. The molecule has 1 fully saturated rings. The first-order valence-corrected chi connectivity index (χ1v) is 25.1. The van der Waals surface area contributed by atoms with Crippen LogP contribution in [0.25, 0.3) is 0 Å². The molecular formula is C42H68O7Si2. The van der Waals surface area contributed by atoms with Crippen molar-refractivity contribution < 1.29 is 32.7 Å². The number of cyclic esters (lactones) is 1. The second-order valence-electron chi connectivity index (χ2n) is 18.4. The summed E-state index contributed by atoms with van der Waals surface area (Å²) in [5.74, 6) is 0.241. The van der Waals surface area contributed by atoms with Crippen LogP contribution in [0.1, 0.15) is 101 Å². The normalized spacial score (nSPS) is 31.1. The standard InChI is InChI=1S/C42H68O7Si2/c1-14-23-41(9,47-31-18-16-15-17-19-31)38(44)46-34-26-30(39(3,4)5)25-29-21-20-28(2)42(35(29)34,49-51(12)13)24-22-32-27-33(40(6,7)8)36(37(43)45-32)48-50(10)11/h15-21,25,28,30,32-36,50-51H,14,22-24,26-27H2,1-13H3/t28-,30+,32+,33-,34-,35+,36?,41?,42-/m0/s1. The fourth-order valence-electron chi connectivity index (χ4n) is 8.59. The molecule has 0 amide bonds. The number of carbonyl (C=O) groups excluding carboxylic acids is 2. The van der Waals surface area contributed by atoms with Gasteiger partial charge in [0.15, 0.2) is 18.1 Å². The molecule has 0 bridgehead atoms. The highest BCUT2D eigenvalue weighted by Gasteiger charge is 2.56. The largest absolute Gasteiger partial charge is 0.476 e. The van der Waals surface area contributed by atoms with Crippen LogP contribution in [0.2, 0.25) is 26.2 Å². The molecule has 1 saturated heterocycles. The van der Waals surface area contributed by atoms with Gasteiger partial charge in [0.2, 0.25) is 5.60 Å². The van der Waals surface area contributed by atoms with E-state index in [2.05, 4.69) is 99.8 Å². The van der Waals surface area contributed by atoms with Gasteiger partial charge in [-0.1, -0.05) is 98.2 Å². The maximum absolute atomic E-state index is 14.5. The second kappa shape index (κ2) is 16.4. The number of hydrogen-bond acceptors (Lipinski definition) is 7. The molecular weight excluding hydrogens is 673 g/mol. The number of hydrogen-bond donors (Lipinski definition) is 0. The minimum Gasteiger partial charge on any atom is -0.476 e. The Balaban J connectivity index is 1.72. The third kappa shape index (κ3) is 9.87. The van der Waals surface area contributed by atoms with Gasteiger partial charge in [-0.05, 0) is 99.7 Å². The van der Waals surface area contributed by atoms with Gasteiger partial charge in [-0.15, -0.1) is 0 Å². The molecule has 2 aliphatic carbocycles. The van der Waals surface area contributed by atoms with Crippen molar-refractivity contribution in [3.8, 4) is 5.75 Å². The highest BCUT2D eigenvalue weighted by Crippen LogP contribution is 2.53. The molecule has 1 heterocycles. The lowest BCUT2D eigenvalue weighted by molar-refractivity contribution is -0.182. The maximum atomic E-state index is 14.5. The molecule has 51 heavy (non-hydrogen) atoms. The van der Waals surface area contributed by atoms with Crippen molar-refractivity contribution in [2.75, 3.05) is 0 Å². The lowest BCUT2D eigenvalue weighted by Crippen LogP contribution is -2.58. The van der Waals surface area contributed by atoms with Crippen LogP contribution in [0.4, 0.5) is 0 Å². The summed E-state index contributed by atoms with van der Waals surface area (Å²) >= 11 is 0. The summed E-state index contributed by atoms with van der Waals surface area (Å²) in [6.07, 6.45) is 9.89. The molecule has 0 aromatic heterocycles. The molecule has 1 aliphatic heterocycles. The Morgan fingerprint density at radius 3 is 2.20 bits per heavy atom. The zero-order chi connectivity index (χ0) is 37.9. The predicted octanol–water partition coefficient (Wildman–Crippen LogP) is 9.22. The smallest absolute Gasteiger partial charge is 0.350 e. The first-order chi connectivity index (χ1) is 23.7. The fraction of sp³-hybridized carbons (Fsp3) is 0.714. The van der Waals surface area contributed by atoms with Gasteiger partial charge in [-0.3, -0.25) is 0 Å². The second-order valence-corrected chi connectivity index (χ2v) is 23.1. The fourth-order valence-corrected chi connectivity index (χ4v) is 10.8. The molecule has 0 spiro atoms. The van der Waals surface area contributed by atoms with Crippen LogP contribution < -0.4 is 4.74 Å². The molecule has 7 nitrogen and oxygen atoms in total. The van der Waals surface area contributed by atoms with Crippen molar-refractivity contribution in [2.45, 2.75) is 157 Å². The van der Waals surface area contributed by atoms with E-state index in [0.717, 1.165) is 12.8 Å². The first-order valence-electron chi connectivity index (χ1n) is 19.6. The van der Waals surface area contributed by atoms with Crippen molar-refractivity contribution in [1.82, 2.24) is 0 Å². The minimum absolute atomic E-state index is 0.0289. The Morgan fingerprint density at radius 1 is 0.961 bits per heavy atom. The highest BCUT2D eigenvalue weighted by molar-refractivity contribution is 6.49. The molecule has 3 aliphatic rings. The Bertz CT molecular complexity index is 1390. The molecule has 9 atom stereocenters. The van der Waals surface area contributed by atoms with Gasteiger partial charge in [-0.2, -0.15) is 0 Å². The number of benzene rings is 1. The molecule has 1 aromatic carbocycles. The van der Waals surface area contributed by atoms with E-state index in [1.165, 1.54) is 5.57 Å². The lowest BCUT2D eigenvalue weighted by Gasteiger charge is -2.54. The number of esters is 2. The van der Waals surface area contributed by atoms with Gasteiger partial charge < -0.3 is 23.1 Å². The number of para-hydroxylation sites is 1. The van der Waals surface area contributed by atoms with Crippen molar-refractivity contribution >= 4 is 30.0 Å². The van der Waals surface area contributed by atoms with Crippen LogP contribution in [0.15, 0.2) is 54.1 Å². The van der Waals surface area contributed by atoms with Crippen molar-refractivity contribution in [3.05, 3.63) is 54.1 Å². The highest BCUT2D eigenvalue weighted by atomic mass is 28.3. The van der Waals surface area contributed by atoms with E-state index < -0.39 is 41.5 Å². The zero-order valence-corrected chi connectivity index (χ0v) is 36.2. The summed E-state index contributed by atoms with van der Waals surface area (Å²) in [4.78, 5) is 28.0. The Hall–Kier alpha value is -2.21. The first kappa shape index (κ1) is 41.5. The lowest BCUT2D eigenvalue weighted by atomic mass is 9.59. The SMILES string of the molecule is CCCC(C)(Oc1ccccc1)C(=O)O[C@H]1C[C@H](C(C)(C)C)C=C2C=C[C@H](C)[C@](CC[C@@H]3C[C@H](C(C)(C)C)C(O[SiH](C)C)C(=O)O3)(O[SiH](C)C)[C@H]21. The Kier molecular flexibility index (Phi) is 13.4. The molecule has 286 valence electrons. The van der Waals surface area contributed by atoms with E-state index >= 15 is 0 Å². The van der Waals surface area contributed by atoms with Crippen LogP contribution in [0, 0.1) is 34.5 Å². The van der Waals surface area contributed by atoms with Gasteiger partial charge in [-0.25, -0.2) is 9.59 Å². The topological polar surface area (TPSA) is 80.3 Å². The van der Waals surface area contributed by atoms with Gasteiger partial charge >= 0.3 is 11.9 Å². The van der Waals surface area contributed by atoms with Crippen molar-refractivity contribution in [2.24, 2.45) is 34.5 Å². The van der Waals surface area contributed by atoms with E-state index in [1.807, 2.05) is 37.3 Å². The molecule has 0 saturated carbocycles. The molecule has 0 radical (unpaired) electrons. The van der Waals surface area contributed by atoms with Gasteiger partial charge in [0, 0.05) is 17.8 Å². The van der Waals surface area contributed by atoms with Crippen LogP contribution in [-0.2, 0) is 27.9 Å². The minimum atomic E-state index is -1.62. The van der Waals surface area contributed by atoms with Gasteiger partial charge in [0.1, 0.15) is 24.1 Å². The summed E-state index contributed by atoms with van der Waals surface area (Å²) in [5.41, 5.74) is -0.733. The maximum Gasteiger partial charge on any atom is 0.350 e. The summed E-state index contributed by atoms with van der Waals surface area (Å²) in [6.45, 7) is 28.2. The molecule has 4 rings (SSSR count). The monoisotopic (exact) mass is 740 g/mol. The molecule has 0 N–H and O–H groups in total. The molecule has 2 unspecified atom stereocenters. The van der Waals surface area contributed by atoms with Gasteiger partial charge in [0.05, 0.1) is 5.60 Å². The Morgan fingerprint density at radius 2 is 1.63 bits per heavy atom. The van der Waals surface area contributed by atoms with E-state index in [9.17, 15) is 9.59 Å². The third-order valence-electron chi connectivity index (χ3n) is 11.3. The number of fused-ring (bicyclic) bond motifs is 1. The quantitative estimate of drug-likeness (QED) is 0.147. The molecule has 1 aromatic rings. The summed E-state index contributed by atoms with van der Waals surface area (Å²) in [5, 5.41) is 0. The van der Waals surface area contributed by atoms with Crippen LogP contribution in [0.5, 0.6) is 5.75 Å². The van der Waals surface area contributed by atoms with Crippen LogP contribution >= 0.6 is 0 Å². The summed E-state index contributed by atoms with van der Waals surface area (Å²) in [7, 11) is -3.08. The number of ether oxygens (including phenoxy) is 3. The number of allylic oxidation sites excluding steroid dienone is 2. The van der Waals surface area contributed by atoms with Crippen molar-refractivity contribution in [3.63, 3.8) is 0 Å². The zero-order valence-electron chi connectivity index (χ0n) is 33.9. The van der Waals surface area contributed by atoms with Crippen molar-refractivity contribution in [1.29, 1.82) is 0 Å². The van der Waals surface area contributed by atoms with E-state index in [-0.39, 0.29) is 52.5 Å². The van der Waals surface area contributed by atoms with Crippen LogP contribution in [0.3, 0.4) is 0 Å². The molecule has 9 heteroatoms.